The van der Waals surface area contributed by atoms with E-state index in [0.29, 0.717) is 5.69 Å². The molecule has 0 aliphatic carbocycles. The van der Waals surface area contributed by atoms with Gasteiger partial charge in [0, 0.05) is 5.69 Å². The number of esters is 1. The van der Waals surface area contributed by atoms with E-state index in [1.54, 1.807) is 24.3 Å². The first-order valence-corrected chi connectivity index (χ1v) is 6.45. The van der Waals surface area contributed by atoms with Crippen LogP contribution in [0.25, 0.3) is 0 Å². The van der Waals surface area contributed by atoms with Crippen LogP contribution in [0.1, 0.15) is 10.4 Å². The van der Waals surface area contributed by atoms with E-state index in [1.165, 1.54) is 19.2 Å². The number of rotatable bonds is 5. The number of hydrogen-bond donors (Lipinski definition) is 1. The number of anilines is 1. The van der Waals surface area contributed by atoms with Crippen molar-refractivity contribution in [2.24, 2.45) is 0 Å². The van der Waals surface area contributed by atoms with Crippen molar-refractivity contribution in [3.05, 3.63) is 59.9 Å². The predicted octanol–water partition coefficient (Wildman–Crippen LogP) is 2.63. The standard InChI is InChI=1S/C16H14FNO4/c1-21-14-8-7-11(9-13(14)17)16(20)22-10-15(19)18-12-5-3-2-4-6-12/h2-9H,10H2,1H3,(H,18,19). The topological polar surface area (TPSA) is 64.6 Å². The highest BCUT2D eigenvalue weighted by Gasteiger charge is 2.13. The highest BCUT2D eigenvalue weighted by atomic mass is 19.1. The van der Waals surface area contributed by atoms with Crippen LogP contribution in [-0.2, 0) is 9.53 Å². The van der Waals surface area contributed by atoms with Gasteiger partial charge in [-0.3, -0.25) is 4.79 Å². The zero-order valence-corrected chi connectivity index (χ0v) is 11.8. The van der Waals surface area contributed by atoms with Crippen LogP contribution in [0.15, 0.2) is 48.5 Å². The quantitative estimate of drug-likeness (QED) is 0.862. The molecule has 114 valence electrons. The maximum atomic E-state index is 13.5. The summed E-state index contributed by atoms with van der Waals surface area (Å²) in [4.78, 5) is 23.4. The number of nitrogens with one attached hydrogen (secondary N) is 1. The summed E-state index contributed by atoms with van der Waals surface area (Å²) >= 11 is 0. The largest absolute Gasteiger partial charge is 0.494 e. The normalized spacial score (nSPS) is 9.91. The highest BCUT2D eigenvalue weighted by Crippen LogP contribution is 2.18. The highest BCUT2D eigenvalue weighted by molar-refractivity contribution is 5.95. The van der Waals surface area contributed by atoms with Crippen LogP contribution in [0, 0.1) is 5.82 Å². The lowest BCUT2D eigenvalue weighted by Crippen LogP contribution is -2.20. The summed E-state index contributed by atoms with van der Waals surface area (Å²) in [7, 11) is 1.32. The van der Waals surface area contributed by atoms with Gasteiger partial charge in [-0.2, -0.15) is 0 Å². The van der Waals surface area contributed by atoms with Gasteiger partial charge >= 0.3 is 5.97 Å². The molecule has 2 aromatic carbocycles. The Labute approximate surface area is 126 Å². The fourth-order valence-corrected chi connectivity index (χ4v) is 1.73. The number of ether oxygens (including phenoxy) is 2. The molecule has 0 bridgehead atoms. The lowest BCUT2D eigenvalue weighted by atomic mass is 10.2. The summed E-state index contributed by atoms with van der Waals surface area (Å²) in [5.41, 5.74) is 0.602. The van der Waals surface area contributed by atoms with Crippen molar-refractivity contribution < 1.29 is 23.5 Å². The molecule has 0 aromatic heterocycles. The summed E-state index contributed by atoms with van der Waals surface area (Å²) in [5.74, 6) is -1.91. The molecule has 0 aliphatic heterocycles. The first-order valence-electron chi connectivity index (χ1n) is 6.45. The fraction of sp³-hybridized carbons (Fsp3) is 0.125. The zero-order chi connectivity index (χ0) is 15.9. The fourth-order valence-electron chi connectivity index (χ4n) is 1.73. The number of carbonyl (C=O) groups is 2. The average molecular weight is 303 g/mol. The number of para-hydroxylation sites is 1. The van der Waals surface area contributed by atoms with Gasteiger partial charge in [-0.1, -0.05) is 18.2 Å². The lowest BCUT2D eigenvalue weighted by Gasteiger charge is -2.07. The van der Waals surface area contributed by atoms with Crippen molar-refractivity contribution in [3.8, 4) is 5.75 Å². The molecule has 0 spiro atoms. The minimum atomic E-state index is -0.787. The molecule has 1 N–H and O–H groups in total. The molecule has 6 heteroatoms. The van der Waals surface area contributed by atoms with Gasteiger partial charge in [0.25, 0.3) is 5.91 Å². The predicted molar refractivity (Wildman–Crippen MR) is 78.3 cm³/mol. The van der Waals surface area contributed by atoms with Gasteiger partial charge in [0.1, 0.15) is 0 Å². The van der Waals surface area contributed by atoms with Crippen LogP contribution in [0.3, 0.4) is 0 Å². The molecule has 0 unspecified atom stereocenters. The molecule has 0 radical (unpaired) electrons. The van der Waals surface area contributed by atoms with Gasteiger partial charge in [-0.05, 0) is 30.3 Å². The van der Waals surface area contributed by atoms with Crippen LogP contribution in [0.5, 0.6) is 5.75 Å². The second-order valence-corrected chi connectivity index (χ2v) is 4.34. The number of benzene rings is 2. The van der Waals surface area contributed by atoms with Crippen molar-refractivity contribution in [2.75, 3.05) is 19.0 Å². The van der Waals surface area contributed by atoms with E-state index in [2.05, 4.69) is 5.32 Å². The maximum Gasteiger partial charge on any atom is 0.338 e. The van der Waals surface area contributed by atoms with Crippen LogP contribution in [0.4, 0.5) is 10.1 Å². The second-order valence-electron chi connectivity index (χ2n) is 4.34. The Morgan fingerprint density at radius 1 is 1.14 bits per heavy atom. The molecular formula is C16H14FNO4. The molecule has 5 nitrogen and oxygen atoms in total. The third-order valence-electron chi connectivity index (χ3n) is 2.78. The van der Waals surface area contributed by atoms with Gasteiger partial charge in [0.15, 0.2) is 18.2 Å². The Hall–Kier alpha value is -2.89. The third-order valence-corrected chi connectivity index (χ3v) is 2.78. The van der Waals surface area contributed by atoms with Crippen LogP contribution in [-0.4, -0.2) is 25.6 Å². The number of halogens is 1. The van der Waals surface area contributed by atoms with Crippen molar-refractivity contribution in [3.63, 3.8) is 0 Å². The second kappa shape index (κ2) is 7.21. The summed E-state index contributed by atoms with van der Waals surface area (Å²) in [6.45, 7) is -0.457. The van der Waals surface area contributed by atoms with E-state index in [-0.39, 0.29) is 11.3 Å². The van der Waals surface area contributed by atoms with Crippen molar-refractivity contribution in [1.82, 2.24) is 0 Å². The van der Waals surface area contributed by atoms with E-state index in [0.717, 1.165) is 6.07 Å². The number of hydrogen-bond acceptors (Lipinski definition) is 4. The number of amides is 1. The summed E-state index contributed by atoms with van der Waals surface area (Å²) in [6.07, 6.45) is 0. The smallest absolute Gasteiger partial charge is 0.338 e. The Balaban J connectivity index is 1.89. The number of carbonyl (C=O) groups excluding carboxylic acids is 2. The van der Waals surface area contributed by atoms with E-state index in [9.17, 15) is 14.0 Å². The van der Waals surface area contributed by atoms with Crippen molar-refractivity contribution in [2.45, 2.75) is 0 Å². The lowest BCUT2D eigenvalue weighted by molar-refractivity contribution is -0.119. The van der Waals surface area contributed by atoms with Gasteiger partial charge in [-0.15, -0.1) is 0 Å². The Kier molecular flexibility index (Phi) is 5.08. The average Bonchev–Trinajstić information content (AvgIpc) is 2.53. The SMILES string of the molecule is COc1ccc(C(=O)OCC(=O)Nc2ccccc2)cc1F. The van der Waals surface area contributed by atoms with Crippen molar-refractivity contribution in [1.29, 1.82) is 0 Å². The molecule has 2 rings (SSSR count). The van der Waals surface area contributed by atoms with Gasteiger partial charge in [0.2, 0.25) is 0 Å². The van der Waals surface area contributed by atoms with Crippen LogP contribution < -0.4 is 10.1 Å². The van der Waals surface area contributed by atoms with Gasteiger partial charge in [0.05, 0.1) is 12.7 Å². The monoisotopic (exact) mass is 303 g/mol. The molecule has 2 aromatic rings. The van der Waals surface area contributed by atoms with E-state index in [4.69, 9.17) is 9.47 Å². The Morgan fingerprint density at radius 3 is 2.50 bits per heavy atom. The molecular weight excluding hydrogens is 289 g/mol. The maximum absolute atomic E-state index is 13.5. The van der Waals surface area contributed by atoms with Gasteiger partial charge in [-0.25, -0.2) is 9.18 Å². The minimum absolute atomic E-state index is 0.00538. The summed E-state index contributed by atoms with van der Waals surface area (Å²) in [6, 6.07) is 12.4. The third kappa shape index (κ3) is 4.05. The first-order chi connectivity index (χ1) is 10.6. The minimum Gasteiger partial charge on any atom is -0.494 e. The van der Waals surface area contributed by atoms with E-state index < -0.39 is 24.3 Å². The molecule has 0 aliphatic rings. The molecule has 0 saturated heterocycles. The molecule has 0 fully saturated rings. The first kappa shape index (κ1) is 15.5. The zero-order valence-electron chi connectivity index (χ0n) is 11.8. The number of methoxy groups -OCH3 is 1. The van der Waals surface area contributed by atoms with E-state index in [1.807, 2.05) is 6.07 Å². The summed E-state index contributed by atoms with van der Waals surface area (Å²) in [5, 5.41) is 2.57. The van der Waals surface area contributed by atoms with E-state index >= 15 is 0 Å². The van der Waals surface area contributed by atoms with Gasteiger partial charge < -0.3 is 14.8 Å². The van der Waals surface area contributed by atoms with Crippen LogP contribution >= 0.6 is 0 Å². The van der Waals surface area contributed by atoms with Crippen LogP contribution in [0.2, 0.25) is 0 Å². The Morgan fingerprint density at radius 2 is 1.86 bits per heavy atom. The summed E-state index contributed by atoms with van der Waals surface area (Å²) < 4.78 is 23.1. The molecule has 1 amide bonds. The molecule has 22 heavy (non-hydrogen) atoms. The van der Waals surface area contributed by atoms with Crippen molar-refractivity contribution >= 4 is 17.6 Å². The Bertz CT molecular complexity index is 673. The molecule has 0 saturated carbocycles. The molecule has 0 heterocycles. The molecule has 0 atom stereocenters.